The lowest BCUT2D eigenvalue weighted by molar-refractivity contribution is 0.276. The normalized spacial score (nSPS) is 29.1. The third-order valence-electron chi connectivity index (χ3n) is 3.70. The minimum atomic E-state index is -0.397. The van der Waals surface area contributed by atoms with E-state index in [1.165, 1.54) is 12.1 Å². The van der Waals surface area contributed by atoms with E-state index in [2.05, 4.69) is 19.2 Å². The second-order valence-electron chi connectivity index (χ2n) is 5.27. The lowest BCUT2D eigenvalue weighted by Gasteiger charge is -2.33. The van der Waals surface area contributed by atoms with Crippen molar-refractivity contribution in [1.82, 2.24) is 0 Å². The molecule has 0 radical (unpaired) electrons. The van der Waals surface area contributed by atoms with Crippen LogP contribution in [0.25, 0.3) is 0 Å². The molecular formula is C14H19F2N. The van der Waals surface area contributed by atoms with Crippen molar-refractivity contribution in [2.24, 2.45) is 11.8 Å². The molecule has 1 saturated carbocycles. The Kier molecular flexibility index (Phi) is 3.65. The zero-order valence-corrected chi connectivity index (χ0v) is 10.3. The van der Waals surface area contributed by atoms with Gasteiger partial charge in [0.25, 0.3) is 0 Å². The molecule has 2 rings (SSSR count). The van der Waals surface area contributed by atoms with Gasteiger partial charge in [0.2, 0.25) is 0 Å². The zero-order chi connectivity index (χ0) is 12.4. The Hall–Kier alpha value is -1.12. The summed E-state index contributed by atoms with van der Waals surface area (Å²) in [6.07, 6.45) is 3.33. The average Bonchev–Trinajstić information content (AvgIpc) is 2.27. The van der Waals surface area contributed by atoms with Crippen LogP contribution < -0.4 is 5.32 Å². The highest BCUT2D eigenvalue weighted by atomic mass is 19.1. The quantitative estimate of drug-likeness (QED) is 0.815. The van der Waals surface area contributed by atoms with Gasteiger partial charge in [-0.3, -0.25) is 0 Å². The monoisotopic (exact) mass is 239 g/mol. The number of anilines is 1. The molecule has 0 aromatic heterocycles. The van der Waals surface area contributed by atoms with Gasteiger partial charge < -0.3 is 5.32 Å². The summed E-state index contributed by atoms with van der Waals surface area (Å²) in [4.78, 5) is 0. The van der Waals surface area contributed by atoms with Crippen molar-refractivity contribution in [3.05, 3.63) is 29.8 Å². The first-order valence-corrected chi connectivity index (χ1v) is 6.28. The summed E-state index contributed by atoms with van der Waals surface area (Å²) in [5.41, 5.74) is 0.288. The minimum Gasteiger partial charge on any atom is -0.380 e. The predicted molar refractivity (Wildman–Crippen MR) is 65.9 cm³/mol. The molecule has 3 atom stereocenters. The summed E-state index contributed by atoms with van der Waals surface area (Å²) in [5, 5.41) is 3.15. The topological polar surface area (TPSA) is 12.0 Å². The van der Waals surface area contributed by atoms with Crippen molar-refractivity contribution in [2.45, 2.75) is 39.2 Å². The fourth-order valence-electron chi connectivity index (χ4n) is 2.69. The van der Waals surface area contributed by atoms with Crippen LogP contribution >= 0.6 is 0 Å². The van der Waals surface area contributed by atoms with Gasteiger partial charge in [-0.2, -0.15) is 0 Å². The van der Waals surface area contributed by atoms with E-state index in [9.17, 15) is 8.78 Å². The Balaban J connectivity index is 2.07. The average molecular weight is 239 g/mol. The summed E-state index contributed by atoms with van der Waals surface area (Å²) in [6.45, 7) is 4.42. The maximum Gasteiger partial charge on any atom is 0.146 e. The van der Waals surface area contributed by atoms with Crippen molar-refractivity contribution in [3.8, 4) is 0 Å². The number of benzene rings is 1. The lowest BCUT2D eigenvalue weighted by Crippen LogP contribution is -2.33. The Bertz CT molecular complexity index is 392. The molecule has 1 nitrogen and oxygen atoms in total. The van der Waals surface area contributed by atoms with E-state index in [0.29, 0.717) is 5.92 Å². The van der Waals surface area contributed by atoms with Crippen LogP contribution in [-0.4, -0.2) is 6.04 Å². The third-order valence-corrected chi connectivity index (χ3v) is 3.70. The summed E-state index contributed by atoms with van der Waals surface area (Å²) in [6, 6.07) is 3.81. The summed E-state index contributed by atoms with van der Waals surface area (Å²) in [7, 11) is 0. The standard InChI is InChI=1S/C14H19F2N/c1-9-3-6-13(10(2)7-9)17-14-8-11(15)4-5-12(14)16/h4-5,8-10,13,17H,3,6-7H2,1-2H3. The Morgan fingerprint density at radius 1 is 1.18 bits per heavy atom. The minimum absolute atomic E-state index is 0.252. The van der Waals surface area contributed by atoms with E-state index >= 15 is 0 Å². The number of halogens is 2. The van der Waals surface area contributed by atoms with Crippen LogP contribution in [0.4, 0.5) is 14.5 Å². The molecule has 1 aliphatic rings. The highest BCUT2D eigenvalue weighted by molar-refractivity contribution is 5.45. The Labute approximate surface area is 101 Å². The molecule has 0 amide bonds. The van der Waals surface area contributed by atoms with E-state index in [4.69, 9.17) is 0 Å². The molecule has 1 aromatic rings. The summed E-state index contributed by atoms with van der Waals surface area (Å²) >= 11 is 0. The molecule has 0 heterocycles. The van der Waals surface area contributed by atoms with Gasteiger partial charge in [0, 0.05) is 6.04 Å². The highest BCUT2D eigenvalue weighted by Gasteiger charge is 2.25. The molecule has 17 heavy (non-hydrogen) atoms. The van der Waals surface area contributed by atoms with E-state index in [1.54, 1.807) is 0 Å². The van der Waals surface area contributed by atoms with Gasteiger partial charge in [0.1, 0.15) is 11.6 Å². The van der Waals surface area contributed by atoms with Crippen molar-refractivity contribution < 1.29 is 8.78 Å². The smallest absolute Gasteiger partial charge is 0.146 e. The van der Waals surface area contributed by atoms with Crippen LogP contribution in [0.5, 0.6) is 0 Å². The molecule has 1 aliphatic carbocycles. The zero-order valence-electron chi connectivity index (χ0n) is 10.3. The van der Waals surface area contributed by atoms with Gasteiger partial charge in [0.05, 0.1) is 5.69 Å². The van der Waals surface area contributed by atoms with Crippen LogP contribution in [0.1, 0.15) is 33.1 Å². The molecule has 1 N–H and O–H groups in total. The largest absolute Gasteiger partial charge is 0.380 e. The third kappa shape index (κ3) is 2.96. The maximum atomic E-state index is 13.5. The van der Waals surface area contributed by atoms with Gasteiger partial charge in [0.15, 0.2) is 0 Å². The molecule has 1 aromatic carbocycles. The van der Waals surface area contributed by atoms with Gasteiger partial charge >= 0.3 is 0 Å². The maximum absolute atomic E-state index is 13.5. The van der Waals surface area contributed by atoms with Gasteiger partial charge in [-0.1, -0.05) is 13.8 Å². The first-order chi connectivity index (χ1) is 8.06. The van der Waals surface area contributed by atoms with E-state index < -0.39 is 5.82 Å². The van der Waals surface area contributed by atoms with Gasteiger partial charge in [-0.15, -0.1) is 0 Å². The van der Waals surface area contributed by atoms with Crippen molar-refractivity contribution in [3.63, 3.8) is 0 Å². The molecular weight excluding hydrogens is 220 g/mol. The molecule has 1 fully saturated rings. The number of nitrogens with one attached hydrogen (secondary N) is 1. The molecule has 94 valence electrons. The summed E-state index contributed by atoms with van der Waals surface area (Å²) < 4.78 is 26.6. The van der Waals surface area contributed by atoms with Crippen LogP contribution in [0.2, 0.25) is 0 Å². The van der Waals surface area contributed by atoms with E-state index in [-0.39, 0.29) is 17.5 Å². The second-order valence-corrected chi connectivity index (χ2v) is 5.27. The molecule has 3 heteroatoms. The molecule has 0 aliphatic heterocycles. The van der Waals surface area contributed by atoms with Crippen molar-refractivity contribution in [2.75, 3.05) is 5.32 Å². The second kappa shape index (κ2) is 5.03. The molecule has 3 unspecified atom stereocenters. The van der Waals surface area contributed by atoms with Crippen molar-refractivity contribution in [1.29, 1.82) is 0 Å². The van der Waals surface area contributed by atoms with Gasteiger partial charge in [-0.05, 0) is 49.3 Å². The number of hydrogen-bond donors (Lipinski definition) is 1. The van der Waals surface area contributed by atoms with E-state index in [1.807, 2.05) is 0 Å². The number of hydrogen-bond acceptors (Lipinski definition) is 1. The van der Waals surface area contributed by atoms with Crippen LogP contribution in [0.15, 0.2) is 18.2 Å². The number of rotatable bonds is 2. The summed E-state index contributed by atoms with van der Waals surface area (Å²) in [5.74, 6) is 0.463. The van der Waals surface area contributed by atoms with Crippen LogP contribution in [-0.2, 0) is 0 Å². The molecule has 0 bridgehead atoms. The first-order valence-electron chi connectivity index (χ1n) is 6.28. The fourth-order valence-corrected chi connectivity index (χ4v) is 2.69. The molecule has 0 saturated heterocycles. The first kappa shape index (κ1) is 12.3. The van der Waals surface area contributed by atoms with E-state index in [0.717, 1.165) is 31.2 Å². The Morgan fingerprint density at radius 3 is 2.65 bits per heavy atom. The molecule has 0 spiro atoms. The lowest BCUT2D eigenvalue weighted by atomic mass is 9.80. The Morgan fingerprint density at radius 2 is 1.94 bits per heavy atom. The SMILES string of the molecule is CC1CCC(Nc2cc(F)ccc2F)C(C)C1. The van der Waals surface area contributed by atoms with Crippen LogP contribution in [0.3, 0.4) is 0 Å². The van der Waals surface area contributed by atoms with Crippen molar-refractivity contribution >= 4 is 5.69 Å². The highest BCUT2D eigenvalue weighted by Crippen LogP contribution is 2.31. The van der Waals surface area contributed by atoms with Gasteiger partial charge in [-0.25, -0.2) is 8.78 Å². The fraction of sp³-hybridized carbons (Fsp3) is 0.571. The predicted octanol–water partition coefficient (Wildman–Crippen LogP) is 4.20. The van der Waals surface area contributed by atoms with Crippen LogP contribution in [0, 0.1) is 23.5 Å².